The molecule has 0 heterocycles. The van der Waals surface area contributed by atoms with Crippen molar-refractivity contribution in [2.75, 3.05) is 5.32 Å². The smallest absolute Gasteiger partial charge is 0.224 e. The van der Waals surface area contributed by atoms with Crippen LogP contribution in [0.3, 0.4) is 0 Å². The molecule has 0 aliphatic heterocycles. The van der Waals surface area contributed by atoms with Gasteiger partial charge in [0.1, 0.15) is 5.82 Å². The molecule has 14 heavy (non-hydrogen) atoms. The van der Waals surface area contributed by atoms with E-state index in [9.17, 15) is 9.18 Å². The maximum Gasteiger partial charge on any atom is 0.224 e. The van der Waals surface area contributed by atoms with Crippen LogP contribution in [-0.4, -0.2) is 5.91 Å². The van der Waals surface area contributed by atoms with E-state index in [1.165, 1.54) is 12.1 Å². The average Bonchev–Trinajstić information content (AvgIpc) is 2.14. The van der Waals surface area contributed by atoms with E-state index in [0.29, 0.717) is 16.6 Å². The highest BCUT2D eigenvalue weighted by Gasteiger charge is 2.08. The molecule has 0 bridgehead atoms. The highest BCUT2D eigenvalue weighted by atomic mass is 79.9. The number of benzene rings is 1. The van der Waals surface area contributed by atoms with Crippen molar-refractivity contribution in [3.63, 3.8) is 0 Å². The molecule has 0 unspecified atom stereocenters. The largest absolute Gasteiger partial charge is 0.325 e. The van der Waals surface area contributed by atoms with Crippen LogP contribution in [0.1, 0.15) is 13.3 Å². The molecule has 1 rings (SSSR count). The Morgan fingerprint density at radius 1 is 1.64 bits per heavy atom. The SMILES string of the molecule is CCC(=O)Nc1cc(Cl)c(F)cc1Br. The zero-order valence-electron chi connectivity index (χ0n) is 7.40. The van der Waals surface area contributed by atoms with Crippen molar-refractivity contribution in [3.05, 3.63) is 27.4 Å². The zero-order valence-corrected chi connectivity index (χ0v) is 9.75. The maximum atomic E-state index is 12.9. The summed E-state index contributed by atoms with van der Waals surface area (Å²) in [6.07, 6.45) is 0.363. The van der Waals surface area contributed by atoms with Crippen molar-refractivity contribution in [2.24, 2.45) is 0 Å². The summed E-state index contributed by atoms with van der Waals surface area (Å²) in [5.41, 5.74) is 0.475. The third kappa shape index (κ3) is 2.69. The first-order valence-electron chi connectivity index (χ1n) is 3.99. The van der Waals surface area contributed by atoms with Gasteiger partial charge in [0.2, 0.25) is 5.91 Å². The fraction of sp³-hybridized carbons (Fsp3) is 0.222. The number of carbonyl (C=O) groups is 1. The number of hydrogen-bond acceptors (Lipinski definition) is 1. The van der Waals surface area contributed by atoms with E-state index in [2.05, 4.69) is 21.2 Å². The third-order valence-electron chi connectivity index (χ3n) is 1.61. The second-order valence-corrected chi connectivity index (χ2v) is 3.91. The van der Waals surface area contributed by atoms with Crippen LogP contribution in [0.15, 0.2) is 16.6 Å². The van der Waals surface area contributed by atoms with Gasteiger partial charge >= 0.3 is 0 Å². The Morgan fingerprint density at radius 3 is 2.86 bits per heavy atom. The van der Waals surface area contributed by atoms with Crippen LogP contribution in [0.2, 0.25) is 5.02 Å². The van der Waals surface area contributed by atoms with Crippen LogP contribution >= 0.6 is 27.5 Å². The number of rotatable bonds is 2. The Labute approximate surface area is 94.6 Å². The van der Waals surface area contributed by atoms with Gasteiger partial charge in [0.15, 0.2) is 0 Å². The standard InChI is InChI=1S/C9H8BrClFNO/c1-2-9(14)13-8-4-6(11)7(12)3-5(8)10/h3-4H,2H2,1H3,(H,13,14). The van der Waals surface area contributed by atoms with Crippen molar-refractivity contribution in [2.45, 2.75) is 13.3 Å². The molecule has 76 valence electrons. The molecule has 1 aromatic rings. The summed E-state index contributed by atoms with van der Waals surface area (Å²) in [6, 6.07) is 2.59. The van der Waals surface area contributed by atoms with E-state index in [-0.39, 0.29) is 10.9 Å². The number of hydrogen-bond donors (Lipinski definition) is 1. The minimum Gasteiger partial charge on any atom is -0.325 e. The lowest BCUT2D eigenvalue weighted by Crippen LogP contribution is -2.10. The molecule has 0 aliphatic carbocycles. The van der Waals surface area contributed by atoms with Gasteiger partial charge < -0.3 is 5.32 Å². The third-order valence-corrected chi connectivity index (χ3v) is 2.55. The molecule has 2 nitrogen and oxygen atoms in total. The topological polar surface area (TPSA) is 29.1 Å². The van der Waals surface area contributed by atoms with Gasteiger partial charge in [-0.1, -0.05) is 18.5 Å². The Hall–Kier alpha value is -0.610. The van der Waals surface area contributed by atoms with Crippen LogP contribution in [0.4, 0.5) is 10.1 Å². The first-order chi connectivity index (χ1) is 6.54. The van der Waals surface area contributed by atoms with Crippen molar-refractivity contribution in [1.29, 1.82) is 0 Å². The summed E-state index contributed by atoms with van der Waals surface area (Å²) in [5, 5.41) is 2.58. The van der Waals surface area contributed by atoms with E-state index in [0.717, 1.165) is 0 Å². The summed E-state index contributed by atoms with van der Waals surface area (Å²) < 4.78 is 13.4. The maximum absolute atomic E-state index is 12.9. The van der Waals surface area contributed by atoms with Crippen LogP contribution in [-0.2, 0) is 4.79 Å². The predicted molar refractivity (Wildman–Crippen MR) is 58.0 cm³/mol. The van der Waals surface area contributed by atoms with E-state index < -0.39 is 5.82 Å². The molecule has 1 aromatic carbocycles. The molecule has 0 saturated heterocycles. The fourth-order valence-electron chi connectivity index (χ4n) is 0.857. The molecular weight excluding hydrogens is 272 g/mol. The van der Waals surface area contributed by atoms with Crippen molar-refractivity contribution < 1.29 is 9.18 Å². The minimum absolute atomic E-state index is 0.0143. The van der Waals surface area contributed by atoms with Crippen LogP contribution in [0.5, 0.6) is 0 Å². The monoisotopic (exact) mass is 279 g/mol. The van der Waals surface area contributed by atoms with Gasteiger partial charge in [-0.05, 0) is 28.1 Å². The molecule has 5 heteroatoms. The minimum atomic E-state index is -0.520. The Kier molecular flexibility index (Phi) is 3.89. The molecule has 1 amide bonds. The average molecular weight is 281 g/mol. The lowest BCUT2D eigenvalue weighted by molar-refractivity contribution is -0.115. The molecule has 0 fully saturated rings. The molecular formula is C9H8BrClFNO. The molecule has 0 aromatic heterocycles. The predicted octanol–water partition coefficient (Wildman–Crippen LogP) is 3.59. The highest BCUT2D eigenvalue weighted by molar-refractivity contribution is 9.10. The normalized spacial score (nSPS) is 10.0. The molecule has 0 aliphatic rings. The first kappa shape index (κ1) is 11.5. The van der Waals surface area contributed by atoms with E-state index in [4.69, 9.17) is 11.6 Å². The molecule has 0 atom stereocenters. The number of nitrogens with one attached hydrogen (secondary N) is 1. The van der Waals surface area contributed by atoms with Crippen LogP contribution in [0.25, 0.3) is 0 Å². The van der Waals surface area contributed by atoms with Gasteiger partial charge in [-0.25, -0.2) is 4.39 Å². The highest BCUT2D eigenvalue weighted by Crippen LogP contribution is 2.28. The molecule has 0 spiro atoms. The Morgan fingerprint density at radius 2 is 2.29 bits per heavy atom. The number of amides is 1. The second kappa shape index (κ2) is 4.75. The number of carbonyl (C=O) groups excluding carboxylic acids is 1. The Balaban J connectivity index is 2.98. The lowest BCUT2D eigenvalue weighted by Gasteiger charge is -2.06. The van der Waals surface area contributed by atoms with Crippen LogP contribution in [0, 0.1) is 5.82 Å². The van der Waals surface area contributed by atoms with Crippen molar-refractivity contribution in [3.8, 4) is 0 Å². The van der Waals surface area contributed by atoms with Gasteiger partial charge in [0, 0.05) is 10.9 Å². The fourth-order valence-corrected chi connectivity index (χ4v) is 1.44. The van der Waals surface area contributed by atoms with Gasteiger partial charge in [-0.3, -0.25) is 4.79 Å². The molecule has 0 saturated carbocycles. The van der Waals surface area contributed by atoms with E-state index in [1.54, 1.807) is 6.92 Å². The first-order valence-corrected chi connectivity index (χ1v) is 5.16. The summed E-state index contributed by atoms with van der Waals surface area (Å²) in [6.45, 7) is 1.73. The van der Waals surface area contributed by atoms with Crippen LogP contribution < -0.4 is 5.32 Å². The molecule has 1 N–H and O–H groups in total. The van der Waals surface area contributed by atoms with Gasteiger partial charge in [-0.2, -0.15) is 0 Å². The summed E-state index contributed by atoms with van der Waals surface area (Å²) in [5.74, 6) is -0.665. The second-order valence-electron chi connectivity index (χ2n) is 2.65. The summed E-state index contributed by atoms with van der Waals surface area (Å²) >= 11 is 8.69. The van der Waals surface area contributed by atoms with Crippen molar-refractivity contribution >= 4 is 39.1 Å². The number of anilines is 1. The molecule has 0 radical (unpaired) electrons. The van der Waals surface area contributed by atoms with E-state index in [1.807, 2.05) is 0 Å². The number of halogens is 3. The van der Waals surface area contributed by atoms with E-state index >= 15 is 0 Å². The van der Waals surface area contributed by atoms with Gasteiger partial charge in [-0.15, -0.1) is 0 Å². The summed E-state index contributed by atoms with van der Waals surface area (Å²) in [4.78, 5) is 11.1. The van der Waals surface area contributed by atoms with Gasteiger partial charge in [0.25, 0.3) is 0 Å². The quantitative estimate of drug-likeness (QED) is 0.824. The lowest BCUT2D eigenvalue weighted by atomic mass is 10.3. The zero-order chi connectivity index (χ0) is 10.7. The van der Waals surface area contributed by atoms with Crippen molar-refractivity contribution in [1.82, 2.24) is 0 Å². The Bertz CT molecular complexity index is 370. The summed E-state index contributed by atoms with van der Waals surface area (Å²) in [7, 11) is 0. The van der Waals surface area contributed by atoms with Gasteiger partial charge in [0.05, 0.1) is 10.7 Å².